The summed E-state index contributed by atoms with van der Waals surface area (Å²) in [4.78, 5) is 29.4. The largest absolute Gasteiger partial charge is 0.494 e. The first kappa shape index (κ1) is 21.9. The van der Waals surface area contributed by atoms with E-state index in [1.807, 2.05) is 62.4 Å². The fourth-order valence-corrected chi connectivity index (χ4v) is 3.37. The number of aryl methyl sites for hydroxylation is 1. The Bertz CT molecular complexity index is 1280. The van der Waals surface area contributed by atoms with Crippen LogP contribution in [-0.4, -0.2) is 27.9 Å². The van der Waals surface area contributed by atoms with E-state index in [0.29, 0.717) is 41.6 Å². The third-order valence-electron chi connectivity index (χ3n) is 5.06. The minimum Gasteiger partial charge on any atom is -0.494 e. The molecule has 2 heterocycles. The van der Waals surface area contributed by atoms with Crippen LogP contribution in [0, 0.1) is 6.92 Å². The molecule has 0 saturated carbocycles. The van der Waals surface area contributed by atoms with Crippen LogP contribution in [0.3, 0.4) is 0 Å². The molecule has 4 rings (SSSR count). The second-order valence-corrected chi connectivity index (χ2v) is 7.44. The molecular weight excluding hydrogens is 418 g/mol. The average Bonchev–Trinajstić information content (AvgIpc) is 3.24. The van der Waals surface area contributed by atoms with Crippen LogP contribution in [-0.2, 0) is 6.54 Å². The fourth-order valence-electron chi connectivity index (χ4n) is 3.37. The molecule has 0 aliphatic rings. The SMILES string of the molecule is CCOc1ccn2c(C(=O)Nc3cc(CNC(=O)Nc4ccccc4)ccc3C)cnc2c1. The Morgan fingerprint density at radius 3 is 2.64 bits per heavy atom. The van der Waals surface area contributed by atoms with Gasteiger partial charge in [-0.1, -0.05) is 30.3 Å². The number of para-hydroxylation sites is 1. The quantitative estimate of drug-likeness (QED) is 0.388. The van der Waals surface area contributed by atoms with Crippen LogP contribution in [0.15, 0.2) is 73.1 Å². The van der Waals surface area contributed by atoms with E-state index >= 15 is 0 Å². The Kier molecular flexibility index (Phi) is 6.54. The molecule has 4 aromatic rings. The number of ether oxygens (including phenoxy) is 1. The monoisotopic (exact) mass is 443 g/mol. The normalized spacial score (nSPS) is 10.6. The van der Waals surface area contributed by atoms with E-state index in [4.69, 9.17) is 4.74 Å². The summed E-state index contributed by atoms with van der Waals surface area (Å²) in [6.07, 6.45) is 3.30. The molecule has 0 radical (unpaired) electrons. The minimum absolute atomic E-state index is 0.276. The van der Waals surface area contributed by atoms with Crippen molar-refractivity contribution in [1.29, 1.82) is 0 Å². The summed E-state index contributed by atoms with van der Waals surface area (Å²) in [5, 5.41) is 8.56. The standard InChI is InChI=1S/C25H25N5O3/c1-3-33-20-11-12-30-22(16-26-23(30)14-20)24(31)29-21-13-18(10-9-17(21)2)15-27-25(32)28-19-7-5-4-6-8-19/h4-14,16H,3,15H2,1-2H3,(H,29,31)(H2,27,28,32). The van der Waals surface area contributed by atoms with Gasteiger partial charge in [0.25, 0.3) is 5.91 Å². The number of pyridine rings is 1. The second kappa shape index (κ2) is 9.86. The molecule has 0 bridgehead atoms. The molecule has 8 nitrogen and oxygen atoms in total. The number of hydrogen-bond acceptors (Lipinski definition) is 4. The number of aromatic nitrogens is 2. The first-order valence-electron chi connectivity index (χ1n) is 10.6. The third-order valence-corrected chi connectivity index (χ3v) is 5.06. The van der Waals surface area contributed by atoms with Crippen LogP contribution in [0.4, 0.5) is 16.2 Å². The summed E-state index contributed by atoms with van der Waals surface area (Å²) in [7, 11) is 0. The maximum atomic E-state index is 12.9. The van der Waals surface area contributed by atoms with Gasteiger partial charge in [-0.2, -0.15) is 0 Å². The van der Waals surface area contributed by atoms with E-state index in [-0.39, 0.29) is 11.9 Å². The summed E-state index contributed by atoms with van der Waals surface area (Å²) in [5.74, 6) is 0.427. The van der Waals surface area contributed by atoms with Crippen LogP contribution >= 0.6 is 0 Å². The van der Waals surface area contributed by atoms with Gasteiger partial charge < -0.3 is 20.7 Å². The first-order chi connectivity index (χ1) is 16.0. The number of carbonyl (C=O) groups excluding carboxylic acids is 2. The molecular formula is C25H25N5O3. The molecule has 0 spiro atoms. The summed E-state index contributed by atoms with van der Waals surface area (Å²) in [5.41, 5.74) is 4.20. The van der Waals surface area contributed by atoms with E-state index in [1.165, 1.54) is 6.20 Å². The van der Waals surface area contributed by atoms with Crippen LogP contribution in [0.25, 0.3) is 5.65 Å². The predicted molar refractivity (Wildman–Crippen MR) is 128 cm³/mol. The van der Waals surface area contributed by atoms with E-state index in [9.17, 15) is 9.59 Å². The number of hydrogen-bond donors (Lipinski definition) is 3. The zero-order valence-corrected chi connectivity index (χ0v) is 18.5. The third kappa shape index (κ3) is 5.30. The molecule has 0 unspecified atom stereocenters. The van der Waals surface area contributed by atoms with Crippen molar-refractivity contribution in [3.8, 4) is 5.75 Å². The molecule has 0 saturated heterocycles. The molecule has 2 aromatic carbocycles. The number of nitrogens with zero attached hydrogens (tertiary/aromatic N) is 2. The highest BCUT2D eigenvalue weighted by Gasteiger charge is 2.14. The zero-order valence-electron chi connectivity index (χ0n) is 18.5. The number of imidazole rings is 1. The highest BCUT2D eigenvalue weighted by Crippen LogP contribution is 2.20. The summed E-state index contributed by atoms with van der Waals surface area (Å²) >= 11 is 0. The minimum atomic E-state index is -0.301. The maximum absolute atomic E-state index is 12.9. The second-order valence-electron chi connectivity index (χ2n) is 7.44. The molecule has 0 aliphatic heterocycles. The van der Waals surface area contributed by atoms with E-state index in [0.717, 1.165) is 11.1 Å². The number of rotatable bonds is 7. The molecule has 3 N–H and O–H groups in total. The number of amides is 3. The molecule has 0 atom stereocenters. The lowest BCUT2D eigenvalue weighted by Gasteiger charge is -2.12. The van der Waals surface area contributed by atoms with E-state index < -0.39 is 0 Å². The highest BCUT2D eigenvalue weighted by atomic mass is 16.5. The van der Waals surface area contributed by atoms with Crippen molar-refractivity contribution in [2.24, 2.45) is 0 Å². The molecule has 2 aromatic heterocycles. The van der Waals surface area contributed by atoms with Gasteiger partial charge >= 0.3 is 6.03 Å². The molecule has 0 aliphatic carbocycles. The first-order valence-corrected chi connectivity index (χ1v) is 10.6. The zero-order chi connectivity index (χ0) is 23.2. The van der Waals surface area contributed by atoms with E-state index in [2.05, 4.69) is 20.9 Å². The van der Waals surface area contributed by atoms with Crippen molar-refractivity contribution in [2.45, 2.75) is 20.4 Å². The Morgan fingerprint density at radius 2 is 1.85 bits per heavy atom. The van der Waals surface area contributed by atoms with Gasteiger partial charge in [-0.15, -0.1) is 0 Å². The van der Waals surface area contributed by atoms with E-state index in [1.54, 1.807) is 22.7 Å². The molecule has 33 heavy (non-hydrogen) atoms. The predicted octanol–water partition coefficient (Wildman–Crippen LogP) is 4.62. The van der Waals surface area contributed by atoms with Gasteiger partial charge in [0.15, 0.2) is 0 Å². The van der Waals surface area contributed by atoms with Crippen molar-refractivity contribution < 1.29 is 14.3 Å². The van der Waals surface area contributed by atoms with Gasteiger partial charge in [0, 0.05) is 30.2 Å². The topological polar surface area (TPSA) is 96.8 Å². The Morgan fingerprint density at radius 1 is 1.03 bits per heavy atom. The summed E-state index contributed by atoms with van der Waals surface area (Å²) in [6, 6.07) is 18.2. The molecule has 8 heteroatoms. The Balaban J connectivity index is 1.43. The fraction of sp³-hybridized carbons (Fsp3) is 0.160. The number of anilines is 2. The van der Waals surface area contributed by atoms with Gasteiger partial charge in [0.2, 0.25) is 0 Å². The average molecular weight is 444 g/mol. The number of fused-ring (bicyclic) bond motifs is 1. The lowest BCUT2D eigenvalue weighted by molar-refractivity contribution is 0.102. The number of benzene rings is 2. The van der Waals surface area contributed by atoms with Gasteiger partial charge in [-0.05, 0) is 49.2 Å². The van der Waals surface area contributed by atoms with Crippen LogP contribution in [0.1, 0.15) is 28.5 Å². The van der Waals surface area contributed by atoms with Crippen molar-refractivity contribution in [3.63, 3.8) is 0 Å². The van der Waals surface area contributed by atoms with Crippen LogP contribution in [0.2, 0.25) is 0 Å². The van der Waals surface area contributed by atoms with Crippen LogP contribution < -0.4 is 20.7 Å². The Labute approximate surface area is 191 Å². The maximum Gasteiger partial charge on any atom is 0.319 e. The molecule has 3 amide bonds. The lowest BCUT2D eigenvalue weighted by Crippen LogP contribution is -2.28. The van der Waals surface area contributed by atoms with Crippen molar-refractivity contribution >= 4 is 29.0 Å². The highest BCUT2D eigenvalue weighted by molar-refractivity contribution is 6.04. The molecule has 168 valence electrons. The summed E-state index contributed by atoms with van der Waals surface area (Å²) < 4.78 is 7.21. The van der Waals surface area contributed by atoms with Gasteiger partial charge in [-0.25, -0.2) is 9.78 Å². The number of urea groups is 1. The number of carbonyl (C=O) groups is 2. The molecule has 0 fully saturated rings. The van der Waals surface area contributed by atoms with Gasteiger partial charge in [0.1, 0.15) is 17.1 Å². The number of nitrogens with one attached hydrogen (secondary N) is 3. The van der Waals surface area contributed by atoms with Crippen molar-refractivity contribution in [3.05, 3.63) is 89.9 Å². The van der Waals surface area contributed by atoms with Crippen LogP contribution in [0.5, 0.6) is 5.75 Å². The lowest BCUT2D eigenvalue weighted by atomic mass is 10.1. The van der Waals surface area contributed by atoms with Crippen molar-refractivity contribution in [1.82, 2.24) is 14.7 Å². The van der Waals surface area contributed by atoms with Crippen molar-refractivity contribution in [2.75, 3.05) is 17.2 Å². The smallest absolute Gasteiger partial charge is 0.319 e. The Hall–Kier alpha value is -4.33. The van der Waals surface area contributed by atoms with Gasteiger partial charge in [-0.3, -0.25) is 9.20 Å². The summed E-state index contributed by atoms with van der Waals surface area (Å²) in [6.45, 7) is 4.70. The van der Waals surface area contributed by atoms with Gasteiger partial charge in [0.05, 0.1) is 12.8 Å².